The van der Waals surface area contributed by atoms with Crippen molar-refractivity contribution in [1.29, 1.82) is 0 Å². The van der Waals surface area contributed by atoms with Gasteiger partial charge in [0.2, 0.25) is 0 Å². The number of hydrogen-bond acceptors (Lipinski definition) is 5. The maximum atomic E-state index is 6.68. The van der Waals surface area contributed by atoms with Crippen molar-refractivity contribution < 1.29 is 19.0 Å². The molecule has 0 spiro atoms. The lowest BCUT2D eigenvalue weighted by molar-refractivity contribution is -0.240. The maximum Gasteiger partial charge on any atom is 0.0995 e. The summed E-state index contributed by atoms with van der Waals surface area (Å²) in [5, 5.41) is 4.42. The molecular formula is C34H37NO4. The van der Waals surface area contributed by atoms with E-state index in [4.69, 9.17) is 19.0 Å². The van der Waals surface area contributed by atoms with Gasteiger partial charge in [-0.05, 0) is 33.5 Å². The Hall–Kier alpha value is -3.32. The van der Waals surface area contributed by atoms with Gasteiger partial charge in [0.1, 0.15) is 0 Å². The standard InChI is InChI=1S/C34H37NO4/c1-2-19-39-35-21-32(26-36-23-27-11-5-3-6-12-27)34(33(22-35)37-24-28-13-7-4-8-14-28)38-25-29-17-18-30-15-9-10-16-31(30)20-29/h2-18,20,32-34H,1,19,21-26H2/t32-,33-,34-/m1/s1. The van der Waals surface area contributed by atoms with Crippen LogP contribution < -0.4 is 0 Å². The maximum absolute atomic E-state index is 6.68. The van der Waals surface area contributed by atoms with E-state index in [9.17, 15) is 0 Å². The largest absolute Gasteiger partial charge is 0.376 e. The van der Waals surface area contributed by atoms with Gasteiger partial charge >= 0.3 is 0 Å². The third-order valence-corrected chi connectivity index (χ3v) is 7.03. The zero-order valence-electron chi connectivity index (χ0n) is 22.4. The van der Waals surface area contributed by atoms with E-state index in [0.29, 0.717) is 46.1 Å². The van der Waals surface area contributed by atoms with Gasteiger partial charge in [0, 0.05) is 12.5 Å². The monoisotopic (exact) mass is 523 g/mol. The Morgan fingerprint density at radius 2 is 1.36 bits per heavy atom. The van der Waals surface area contributed by atoms with Crippen LogP contribution in [0.1, 0.15) is 16.7 Å². The van der Waals surface area contributed by atoms with Crippen molar-refractivity contribution in [2.24, 2.45) is 5.92 Å². The van der Waals surface area contributed by atoms with Crippen molar-refractivity contribution in [2.75, 3.05) is 26.3 Å². The molecule has 4 aromatic carbocycles. The molecule has 0 aliphatic carbocycles. The number of hydroxylamine groups is 2. The highest BCUT2D eigenvalue weighted by Crippen LogP contribution is 2.27. The number of benzene rings is 4. The summed E-state index contributed by atoms with van der Waals surface area (Å²) in [4.78, 5) is 5.99. The van der Waals surface area contributed by atoms with Crippen molar-refractivity contribution in [3.63, 3.8) is 0 Å². The number of ether oxygens (including phenoxy) is 3. The number of nitrogens with zero attached hydrogens (tertiary/aromatic N) is 1. The molecule has 39 heavy (non-hydrogen) atoms. The molecule has 4 aromatic rings. The molecule has 0 amide bonds. The van der Waals surface area contributed by atoms with Crippen LogP contribution >= 0.6 is 0 Å². The summed E-state index contributed by atoms with van der Waals surface area (Å²) in [7, 11) is 0. The van der Waals surface area contributed by atoms with Crippen molar-refractivity contribution in [3.8, 4) is 0 Å². The summed E-state index contributed by atoms with van der Waals surface area (Å²) < 4.78 is 19.4. The third kappa shape index (κ3) is 7.85. The fourth-order valence-electron chi connectivity index (χ4n) is 5.05. The molecule has 0 radical (unpaired) electrons. The summed E-state index contributed by atoms with van der Waals surface area (Å²) in [6, 6.07) is 35.4. The predicted molar refractivity (Wildman–Crippen MR) is 155 cm³/mol. The smallest absolute Gasteiger partial charge is 0.0995 e. The molecule has 5 nitrogen and oxygen atoms in total. The molecule has 0 bridgehead atoms. The van der Waals surface area contributed by atoms with Crippen LogP contribution in [0, 0.1) is 5.92 Å². The van der Waals surface area contributed by atoms with Crippen LogP contribution in [0.3, 0.4) is 0 Å². The van der Waals surface area contributed by atoms with E-state index in [1.165, 1.54) is 10.8 Å². The van der Waals surface area contributed by atoms with Crippen molar-refractivity contribution in [2.45, 2.75) is 32.0 Å². The molecule has 5 rings (SSSR count). The van der Waals surface area contributed by atoms with Crippen molar-refractivity contribution in [3.05, 3.63) is 132 Å². The zero-order chi connectivity index (χ0) is 26.7. The average molecular weight is 524 g/mol. The van der Waals surface area contributed by atoms with Gasteiger partial charge in [-0.3, -0.25) is 4.84 Å². The summed E-state index contributed by atoms with van der Waals surface area (Å²) in [6.45, 7) is 7.66. The third-order valence-electron chi connectivity index (χ3n) is 7.03. The van der Waals surface area contributed by atoms with E-state index in [0.717, 1.165) is 16.7 Å². The van der Waals surface area contributed by atoms with Gasteiger partial charge < -0.3 is 14.2 Å². The Bertz CT molecular complexity index is 1300. The van der Waals surface area contributed by atoms with Crippen LogP contribution in [0.5, 0.6) is 0 Å². The average Bonchev–Trinajstić information content (AvgIpc) is 2.99. The van der Waals surface area contributed by atoms with Gasteiger partial charge in [-0.25, -0.2) is 0 Å². The Kier molecular flexibility index (Phi) is 9.91. The van der Waals surface area contributed by atoms with Gasteiger partial charge in [-0.2, -0.15) is 5.06 Å². The lowest BCUT2D eigenvalue weighted by atomic mass is 9.93. The van der Waals surface area contributed by atoms with Gasteiger partial charge in [-0.1, -0.05) is 103 Å². The molecule has 0 saturated carbocycles. The normalized spacial score (nSPS) is 19.7. The van der Waals surface area contributed by atoms with Crippen LogP contribution in [0.4, 0.5) is 0 Å². The summed E-state index contributed by atoms with van der Waals surface area (Å²) >= 11 is 0. The highest BCUT2D eigenvalue weighted by Gasteiger charge is 2.39. The molecule has 1 aliphatic rings. The Labute approximate surface area is 231 Å². The predicted octanol–water partition coefficient (Wildman–Crippen LogP) is 6.58. The Morgan fingerprint density at radius 1 is 0.692 bits per heavy atom. The summed E-state index contributed by atoms with van der Waals surface area (Å²) in [5.41, 5.74) is 3.43. The minimum Gasteiger partial charge on any atom is -0.376 e. The lowest BCUT2D eigenvalue weighted by Crippen LogP contribution is -2.55. The topological polar surface area (TPSA) is 40.2 Å². The van der Waals surface area contributed by atoms with Crippen molar-refractivity contribution >= 4 is 10.8 Å². The first-order chi connectivity index (χ1) is 19.3. The molecule has 1 aliphatic heterocycles. The lowest BCUT2D eigenvalue weighted by Gasteiger charge is -2.42. The first-order valence-corrected chi connectivity index (χ1v) is 13.6. The van der Waals surface area contributed by atoms with Gasteiger partial charge in [0.15, 0.2) is 0 Å². The molecule has 5 heteroatoms. The zero-order valence-corrected chi connectivity index (χ0v) is 22.4. The van der Waals surface area contributed by atoms with Gasteiger partial charge in [-0.15, -0.1) is 6.58 Å². The molecule has 1 fully saturated rings. The van der Waals surface area contributed by atoms with Crippen LogP contribution in [-0.4, -0.2) is 43.6 Å². The molecule has 1 heterocycles. The minimum atomic E-state index is -0.186. The van der Waals surface area contributed by atoms with Crippen LogP contribution in [0.25, 0.3) is 10.8 Å². The van der Waals surface area contributed by atoms with E-state index in [2.05, 4.69) is 73.3 Å². The summed E-state index contributed by atoms with van der Waals surface area (Å²) in [5.74, 6) is 0.0634. The second-order valence-corrected chi connectivity index (χ2v) is 9.98. The number of hydrogen-bond donors (Lipinski definition) is 0. The molecule has 0 aromatic heterocycles. The summed E-state index contributed by atoms with van der Waals surface area (Å²) in [6.07, 6.45) is 1.43. The highest BCUT2D eigenvalue weighted by atomic mass is 16.7. The van der Waals surface area contributed by atoms with Crippen LogP contribution in [0.15, 0.2) is 116 Å². The minimum absolute atomic E-state index is 0.0634. The molecule has 1 saturated heterocycles. The van der Waals surface area contributed by atoms with Crippen LogP contribution in [-0.2, 0) is 38.9 Å². The van der Waals surface area contributed by atoms with Gasteiger partial charge in [0.25, 0.3) is 0 Å². The number of piperidine rings is 1. The van der Waals surface area contributed by atoms with E-state index < -0.39 is 0 Å². The first-order valence-electron chi connectivity index (χ1n) is 13.6. The quantitative estimate of drug-likeness (QED) is 0.185. The van der Waals surface area contributed by atoms with Crippen LogP contribution in [0.2, 0.25) is 0 Å². The Balaban J connectivity index is 1.32. The number of rotatable bonds is 13. The molecule has 0 unspecified atom stereocenters. The molecule has 3 atom stereocenters. The second-order valence-electron chi connectivity index (χ2n) is 9.98. The highest BCUT2D eigenvalue weighted by molar-refractivity contribution is 5.82. The molecular weight excluding hydrogens is 486 g/mol. The Morgan fingerprint density at radius 3 is 2.10 bits per heavy atom. The number of fused-ring (bicyclic) bond motifs is 1. The molecule has 0 N–H and O–H groups in total. The van der Waals surface area contributed by atoms with E-state index in [1.807, 2.05) is 41.5 Å². The van der Waals surface area contributed by atoms with E-state index in [1.54, 1.807) is 6.08 Å². The van der Waals surface area contributed by atoms with Crippen molar-refractivity contribution in [1.82, 2.24) is 5.06 Å². The second kappa shape index (κ2) is 14.2. The van der Waals surface area contributed by atoms with E-state index >= 15 is 0 Å². The fraction of sp³-hybridized carbons (Fsp3) is 0.294. The SMILES string of the molecule is C=CCON1C[C@H](COCc2ccccc2)[C@@H](OCc2ccc3ccccc3c2)[C@H](OCc2ccccc2)C1. The van der Waals surface area contributed by atoms with E-state index in [-0.39, 0.29) is 18.1 Å². The fourth-order valence-corrected chi connectivity index (χ4v) is 5.05. The van der Waals surface area contributed by atoms with Gasteiger partial charge in [0.05, 0.1) is 51.8 Å². The first kappa shape index (κ1) is 27.3. The molecule has 202 valence electrons.